The Bertz CT molecular complexity index is 933. The van der Waals surface area contributed by atoms with Crippen LogP contribution >= 0.6 is 0 Å². The number of hydrogen-bond acceptors (Lipinski definition) is 4. The highest BCUT2D eigenvalue weighted by Gasteiger charge is 2.16. The maximum Gasteiger partial charge on any atom is 0.260 e. The Hall–Kier alpha value is -2.79. The van der Waals surface area contributed by atoms with Crippen molar-refractivity contribution in [3.8, 4) is 11.1 Å². The molecular weight excluding hydrogens is 314 g/mol. The summed E-state index contributed by atoms with van der Waals surface area (Å²) < 4.78 is 7.01. The molecular formula is C20H23N3O2. The molecule has 0 saturated carbocycles. The lowest BCUT2D eigenvalue weighted by Gasteiger charge is -2.17. The van der Waals surface area contributed by atoms with Crippen LogP contribution in [0.4, 0.5) is 11.5 Å². The van der Waals surface area contributed by atoms with Gasteiger partial charge < -0.3 is 16.2 Å². The Balaban J connectivity index is 2.21. The molecule has 4 N–H and O–H groups in total. The third-order valence-electron chi connectivity index (χ3n) is 4.27. The van der Waals surface area contributed by atoms with Crippen LogP contribution in [0.5, 0.6) is 0 Å². The van der Waals surface area contributed by atoms with Crippen molar-refractivity contribution in [1.29, 1.82) is 0 Å². The van der Waals surface area contributed by atoms with Gasteiger partial charge in [0.25, 0.3) is 5.56 Å². The Kier molecular flexibility index (Phi) is 5.05. The van der Waals surface area contributed by atoms with Crippen molar-refractivity contribution in [2.45, 2.75) is 19.9 Å². The van der Waals surface area contributed by atoms with Crippen molar-refractivity contribution in [2.75, 3.05) is 24.7 Å². The van der Waals surface area contributed by atoms with E-state index in [4.69, 9.17) is 16.2 Å². The van der Waals surface area contributed by atoms with E-state index in [0.717, 1.165) is 22.9 Å². The maximum atomic E-state index is 12.9. The molecule has 0 bridgehead atoms. The molecule has 25 heavy (non-hydrogen) atoms. The van der Waals surface area contributed by atoms with E-state index >= 15 is 0 Å². The van der Waals surface area contributed by atoms with Gasteiger partial charge in [-0.25, -0.2) is 0 Å². The third kappa shape index (κ3) is 3.37. The van der Waals surface area contributed by atoms with Crippen LogP contribution in [0.15, 0.2) is 53.3 Å². The Morgan fingerprint density at radius 3 is 2.52 bits per heavy atom. The van der Waals surface area contributed by atoms with Gasteiger partial charge in [0.05, 0.1) is 0 Å². The van der Waals surface area contributed by atoms with Gasteiger partial charge in [-0.15, -0.1) is 0 Å². The molecule has 0 amide bonds. The molecule has 130 valence electrons. The minimum atomic E-state index is -0.115. The number of pyridine rings is 1. The summed E-state index contributed by atoms with van der Waals surface area (Å²) in [5, 5.41) is 1.41. The number of rotatable bonds is 6. The van der Waals surface area contributed by atoms with Gasteiger partial charge in [0.2, 0.25) is 0 Å². The van der Waals surface area contributed by atoms with Crippen LogP contribution in [-0.4, -0.2) is 17.8 Å². The molecule has 0 aliphatic carbocycles. The van der Waals surface area contributed by atoms with E-state index in [0.29, 0.717) is 36.6 Å². The first kappa shape index (κ1) is 17.0. The fourth-order valence-electron chi connectivity index (χ4n) is 3.08. The first-order chi connectivity index (χ1) is 12.1. The quantitative estimate of drug-likeness (QED) is 0.534. The molecule has 0 atom stereocenters. The number of ether oxygens (including phenoxy) is 1. The predicted molar refractivity (Wildman–Crippen MR) is 104 cm³/mol. The fourth-order valence-corrected chi connectivity index (χ4v) is 3.08. The molecule has 0 aliphatic heterocycles. The van der Waals surface area contributed by atoms with Crippen LogP contribution in [0, 0.1) is 0 Å². The van der Waals surface area contributed by atoms with Crippen molar-refractivity contribution in [3.05, 3.63) is 58.9 Å². The number of hydrogen-bond donors (Lipinski definition) is 2. The number of anilines is 2. The molecule has 0 aliphatic rings. The van der Waals surface area contributed by atoms with Crippen LogP contribution < -0.4 is 17.0 Å². The number of benzene rings is 2. The van der Waals surface area contributed by atoms with Crippen LogP contribution in [0.1, 0.15) is 13.3 Å². The minimum Gasteiger partial charge on any atom is -0.399 e. The van der Waals surface area contributed by atoms with E-state index in [9.17, 15) is 4.79 Å². The topological polar surface area (TPSA) is 83.3 Å². The van der Waals surface area contributed by atoms with Gasteiger partial charge in [-0.2, -0.15) is 0 Å². The lowest BCUT2D eigenvalue weighted by atomic mass is 9.99. The first-order valence-corrected chi connectivity index (χ1v) is 8.48. The molecule has 3 rings (SSSR count). The van der Waals surface area contributed by atoms with Crippen molar-refractivity contribution in [1.82, 2.24) is 4.57 Å². The molecule has 0 spiro atoms. The summed E-state index contributed by atoms with van der Waals surface area (Å²) in [6.07, 6.45) is 0.722. The second-order valence-corrected chi connectivity index (χ2v) is 5.94. The average molecular weight is 337 g/mol. The van der Waals surface area contributed by atoms with Gasteiger partial charge in [-0.1, -0.05) is 36.4 Å². The molecule has 5 heteroatoms. The molecule has 0 radical (unpaired) electrons. The smallest absolute Gasteiger partial charge is 0.260 e. The Labute approximate surface area is 146 Å². The standard InChI is InChI=1S/C20H23N3O2/c1-2-25-12-6-11-23-19(22)18(14-7-4-3-5-8-14)16-10-9-15(21)13-17(16)20(23)24/h3-5,7-10,13H,2,6,11-12,21-22H2,1H3. The van der Waals surface area contributed by atoms with Gasteiger partial charge in [-0.05, 0) is 36.4 Å². The largest absolute Gasteiger partial charge is 0.399 e. The lowest BCUT2D eigenvalue weighted by molar-refractivity contribution is 0.141. The van der Waals surface area contributed by atoms with Crippen molar-refractivity contribution in [2.24, 2.45) is 0 Å². The van der Waals surface area contributed by atoms with Crippen LogP contribution in [0.25, 0.3) is 21.9 Å². The normalized spacial score (nSPS) is 11.1. The molecule has 2 aromatic carbocycles. The Morgan fingerprint density at radius 1 is 1.04 bits per heavy atom. The molecule has 1 heterocycles. The van der Waals surface area contributed by atoms with Crippen LogP contribution in [0.3, 0.4) is 0 Å². The number of fused-ring (bicyclic) bond motifs is 1. The number of nitrogens with two attached hydrogens (primary N) is 2. The third-order valence-corrected chi connectivity index (χ3v) is 4.27. The fraction of sp³-hybridized carbons (Fsp3) is 0.250. The summed E-state index contributed by atoms with van der Waals surface area (Å²) in [4.78, 5) is 12.9. The highest BCUT2D eigenvalue weighted by atomic mass is 16.5. The zero-order valence-corrected chi connectivity index (χ0v) is 14.4. The summed E-state index contributed by atoms with van der Waals surface area (Å²) in [7, 11) is 0. The van der Waals surface area contributed by atoms with E-state index in [-0.39, 0.29) is 5.56 Å². The van der Waals surface area contributed by atoms with Crippen molar-refractivity contribution >= 4 is 22.3 Å². The molecule has 0 saturated heterocycles. The molecule has 0 unspecified atom stereocenters. The van der Waals surface area contributed by atoms with E-state index in [1.807, 2.05) is 43.3 Å². The van der Waals surface area contributed by atoms with Gasteiger partial charge >= 0.3 is 0 Å². The minimum absolute atomic E-state index is 0.115. The molecule has 0 fully saturated rings. The zero-order valence-electron chi connectivity index (χ0n) is 14.4. The summed E-state index contributed by atoms with van der Waals surface area (Å²) in [5.74, 6) is 0.477. The lowest BCUT2D eigenvalue weighted by Crippen LogP contribution is -2.25. The van der Waals surface area contributed by atoms with E-state index in [2.05, 4.69) is 0 Å². The summed E-state index contributed by atoms with van der Waals surface area (Å²) in [6.45, 7) is 3.72. The number of nitrogens with zero attached hydrogens (tertiary/aromatic N) is 1. The van der Waals surface area contributed by atoms with E-state index < -0.39 is 0 Å². The summed E-state index contributed by atoms with van der Waals surface area (Å²) >= 11 is 0. The van der Waals surface area contributed by atoms with Gasteiger partial charge in [0, 0.05) is 36.4 Å². The molecule has 1 aromatic heterocycles. The maximum absolute atomic E-state index is 12.9. The summed E-state index contributed by atoms with van der Waals surface area (Å²) in [6, 6.07) is 15.3. The van der Waals surface area contributed by atoms with Crippen molar-refractivity contribution in [3.63, 3.8) is 0 Å². The highest BCUT2D eigenvalue weighted by molar-refractivity contribution is 6.01. The Morgan fingerprint density at radius 2 is 1.80 bits per heavy atom. The highest BCUT2D eigenvalue weighted by Crippen LogP contribution is 2.33. The summed E-state index contributed by atoms with van der Waals surface area (Å²) in [5.41, 5.74) is 14.6. The SMILES string of the molecule is CCOCCCn1c(N)c(-c2ccccc2)c2ccc(N)cc2c1=O. The van der Waals surface area contributed by atoms with Gasteiger partial charge in [0.1, 0.15) is 5.82 Å². The van der Waals surface area contributed by atoms with Crippen molar-refractivity contribution < 1.29 is 4.74 Å². The van der Waals surface area contributed by atoms with Crippen LogP contribution in [-0.2, 0) is 11.3 Å². The average Bonchev–Trinajstić information content (AvgIpc) is 2.62. The van der Waals surface area contributed by atoms with Crippen LogP contribution in [0.2, 0.25) is 0 Å². The van der Waals surface area contributed by atoms with Gasteiger partial charge in [-0.3, -0.25) is 9.36 Å². The second kappa shape index (κ2) is 7.40. The second-order valence-electron chi connectivity index (χ2n) is 5.94. The van der Waals surface area contributed by atoms with E-state index in [1.54, 1.807) is 16.7 Å². The zero-order chi connectivity index (χ0) is 17.8. The first-order valence-electron chi connectivity index (χ1n) is 8.48. The van der Waals surface area contributed by atoms with Gasteiger partial charge in [0.15, 0.2) is 0 Å². The number of aromatic nitrogens is 1. The number of nitrogen functional groups attached to an aromatic ring is 2. The monoisotopic (exact) mass is 337 g/mol. The predicted octanol–water partition coefficient (Wildman–Crippen LogP) is 3.26. The van der Waals surface area contributed by atoms with E-state index in [1.165, 1.54) is 0 Å². The molecule has 3 aromatic rings. The molecule has 5 nitrogen and oxygen atoms in total.